The molecule has 41 heavy (non-hydrogen) atoms. The average molecular weight is 568 g/mol. The lowest BCUT2D eigenvalue weighted by Crippen LogP contribution is -2.31. The first-order chi connectivity index (χ1) is 19.6. The van der Waals surface area contributed by atoms with Crippen molar-refractivity contribution >= 4 is 28.4 Å². The summed E-state index contributed by atoms with van der Waals surface area (Å²) in [7, 11) is 1.39. The van der Waals surface area contributed by atoms with E-state index < -0.39 is 17.6 Å². The van der Waals surface area contributed by atoms with Gasteiger partial charge in [0.2, 0.25) is 0 Å². The fourth-order valence-corrected chi connectivity index (χ4v) is 4.81. The van der Waals surface area contributed by atoms with Gasteiger partial charge in [-0.3, -0.25) is 19.5 Å². The highest BCUT2D eigenvalue weighted by molar-refractivity contribution is 6.21. The number of aromatic nitrogens is 1. The predicted octanol–water partition coefficient (Wildman–Crippen LogP) is 7.07. The van der Waals surface area contributed by atoms with Crippen molar-refractivity contribution in [3.05, 3.63) is 89.4 Å². The number of alkyl halides is 3. The number of methoxy groups -OCH3 is 1. The van der Waals surface area contributed by atoms with Gasteiger partial charge in [0.1, 0.15) is 11.6 Å². The fourth-order valence-electron chi connectivity index (χ4n) is 4.81. The molecule has 5 rings (SSSR count). The summed E-state index contributed by atoms with van der Waals surface area (Å²) in [5.41, 5.74) is 0.447. The van der Waals surface area contributed by atoms with Crippen molar-refractivity contribution < 1.29 is 36.6 Å². The number of carbonyl (C=O) groups excluding carboxylic acids is 2. The smallest absolute Gasteiger partial charge is 0.419 e. The quantitative estimate of drug-likeness (QED) is 0.172. The van der Waals surface area contributed by atoms with E-state index in [9.17, 15) is 27.2 Å². The molecule has 0 fully saturated rings. The summed E-state index contributed by atoms with van der Waals surface area (Å²) in [4.78, 5) is 30.9. The topological polar surface area (TPSA) is 80.8 Å². The number of pyridine rings is 1. The lowest BCUT2D eigenvalue weighted by Gasteiger charge is -2.21. The lowest BCUT2D eigenvalue weighted by molar-refractivity contribution is -0.140. The zero-order valence-electron chi connectivity index (χ0n) is 22.1. The molecule has 0 saturated heterocycles. The third kappa shape index (κ3) is 5.52. The van der Waals surface area contributed by atoms with Gasteiger partial charge < -0.3 is 14.8 Å². The Morgan fingerprint density at radius 2 is 1.71 bits per heavy atom. The Labute approximate surface area is 232 Å². The molecule has 1 aliphatic heterocycles. The van der Waals surface area contributed by atoms with Crippen molar-refractivity contribution in [2.45, 2.75) is 32.0 Å². The molecule has 4 aromatic rings. The number of hydrogen-bond acceptors (Lipinski definition) is 6. The van der Waals surface area contributed by atoms with E-state index in [1.165, 1.54) is 12.0 Å². The van der Waals surface area contributed by atoms with Gasteiger partial charge in [-0.2, -0.15) is 13.2 Å². The summed E-state index contributed by atoms with van der Waals surface area (Å²) in [6, 6.07) is 14.0. The Balaban J connectivity index is 1.33. The summed E-state index contributed by atoms with van der Waals surface area (Å²) < 4.78 is 64.8. The van der Waals surface area contributed by atoms with E-state index in [0.717, 1.165) is 6.07 Å². The molecule has 0 spiro atoms. The van der Waals surface area contributed by atoms with E-state index in [1.54, 1.807) is 48.7 Å². The molecule has 1 N–H and O–H groups in total. The number of ether oxygens (including phenoxy) is 2. The second-order valence-corrected chi connectivity index (χ2v) is 9.59. The number of amides is 2. The van der Waals surface area contributed by atoms with Crippen LogP contribution in [0.25, 0.3) is 10.9 Å². The number of anilines is 1. The van der Waals surface area contributed by atoms with Crippen LogP contribution in [0.5, 0.6) is 17.2 Å². The highest BCUT2D eigenvalue weighted by atomic mass is 19.4. The average Bonchev–Trinajstić information content (AvgIpc) is 3.19. The largest absolute Gasteiger partial charge is 0.493 e. The standard InChI is InChI=1S/C30H25F4N3O4/c1-17(7-6-14-37-28(38)19-8-3-4-9-20(19)29(37)39)36-24-16-25(40-2)27(21-10-5-13-35-26(21)24)41-18-11-12-23(31)22(15-18)30(32,33)34/h3-5,8-13,15-17,36H,6-7,14H2,1-2H3. The van der Waals surface area contributed by atoms with Crippen LogP contribution in [-0.4, -0.2) is 41.4 Å². The van der Waals surface area contributed by atoms with Crippen molar-refractivity contribution in [1.82, 2.24) is 9.88 Å². The van der Waals surface area contributed by atoms with Gasteiger partial charge in [0.05, 0.1) is 35.0 Å². The third-order valence-corrected chi connectivity index (χ3v) is 6.79. The summed E-state index contributed by atoms with van der Waals surface area (Å²) in [5.74, 6) is -1.87. The maximum absolute atomic E-state index is 13.8. The van der Waals surface area contributed by atoms with Gasteiger partial charge in [-0.25, -0.2) is 4.39 Å². The van der Waals surface area contributed by atoms with Gasteiger partial charge in [-0.15, -0.1) is 0 Å². The molecule has 11 heteroatoms. The zero-order chi connectivity index (χ0) is 29.3. The normalized spacial score (nSPS) is 13.9. The van der Waals surface area contributed by atoms with Gasteiger partial charge in [-0.1, -0.05) is 12.1 Å². The van der Waals surface area contributed by atoms with Gasteiger partial charge in [0.15, 0.2) is 11.5 Å². The van der Waals surface area contributed by atoms with Crippen LogP contribution in [0.1, 0.15) is 46.0 Å². The number of hydrogen-bond donors (Lipinski definition) is 1. The van der Waals surface area contributed by atoms with Crippen LogP contribution in [0, 0.1) is 5.82 Å². The SMILES string of the molecule is COc1cc(NC(C)CCCN2C(=O)c3ccccc3C2=O)c2ncccc2c1Oc1ccc(F)c(C(F)(F)F)c1. The minimum Gasteiger partial charge on any atom is -0.493 e. The maximum Gasteiger partial charge on any atom is 0.419 e. The maximum atomic E-state index is 13.8. The summed E-state index contributed by atoms with van der Waals surface area (Å²) in [5, 5.41) is 3.83. The number of benzene rings is 3. The van der Waals surface area contributed by atoms with E-state index >= 15 is 0 Å². The van der Waals surface area contributed by atoms with Gasteiger partial charge >= 0.3 is 6.18 Å². The van der Waals surface area contributed by atoms with Crippen LogP contribution >= 0.6 is 0 Å². The highest BCUT2D eigenvalue weighted by Gasteiger charge is 2.35. The van der Waals surface area contributed by atoms with Crippen molar-refractivity contribution in [1.29, 1.82) is 0 Å². The van der Waals surface area contributed by atoms with Crippen molar-refractivity contribution in [3.63, 3.8) is 0 Å². The lowest BCUT2D eigenvalue weighted by atomic mass is 10.1. The first-order valence-corrected chi connectivity index (χ1v) is 12.8. The highest BCUT2D eigenvalue weighted by Crippen LogP contribution is 2.43. The Morgan fingerprint density at radius 1 is 1.00 bits per heavy atom. The molecular formula is C30H25F4N3O4. The Morgan fingerprint density at radius 3 is 2.37 bits per heavy atom. The van der Waals surface area contributed by atoms with E-state index in [4.69, 9.17) is 9.47 Å². The monoisotopic (exact) mass is 567 g/mol. The number of halogens is 4. The third-order valence-electron chi connectivity index (χ3n) is 6.79. The number of carbonyl (C=O) groups is 2. The zero-order valence-corrected chi connectivity index (χ0v) is 22.1. The second-order valence-electron chi connectivity index (χ2n) is 9.59. The van der Waals surface area contributed by atoms with Crippen LogP contribution in [0.3, 0.4) is 0 Å². The first kappa shape index (κ1) is 27.9. The van der Waals surface area contributed by atoms with E-state index in [0.29, 0.717) is 52.7 Å². The minimum atomic E-state index is -4.89. The van der Waals surface area contributed by atoms with E-state index in [-0.39, 0.29) is 41.6 Å². The first-order valence-electron chi connectivity index (χ1n) is 12.8. The molecule has 0 bridgehead atoms. The van der Waals surface area contributed by atoms with Crippen LogP contribution in [0.15, 0.2) is 66.9 Å². The van der Waals surface area contributed by atoms with Crippen molar-refractivity contribution in [2.75, 3.05) is 19.0 Å². The van der Waals surface area contributed by atoms with Crippen LogP contribution in [-0.2, 0) is 6.18 Å². The number of rotatable bonds is 9. The summed E-state index contributed by atoms with van der Waals surface area (Å²) in [6.07, 6.45) is -2.16. The number of fused-ring (bicyclic) bond motifs is 2. The molecule has 0 saturated carbocycles. The molecule has 7 nitrogen and oxygen atoms in total. The molecule has 0 radical (unpaired) electrons. The Bertz CT molecular complexity index is 1610. The second kappa shape index (κ2) is 11.1. The van der Waals surface area contributed by atoms with E-state index in [2.05, 4.69) is 10.3 Å². The van der Waals surface area contributed by atoms with Crippen LogP contribution in [0.2, 0.25) is 0 Å². The number of nitrogens with zero attached hydrogens (tertiary/aromatic N) is 2. The molecule has 212 valence electrons. The molecule has 1 unspecified atom stereocenters. The molecule has 2 amide bonds. The van der Waals surface area contributed by atoms with Crippen molar-refractivity contribution in [2.24, 2.45) is 0 Å². The molecule has 1 aliphatic rings. The van der Waals surface area contributed by atoms with E-state index in [1.807, 2.05) is 6.92 Å². The molecular weight excluding hydrogens is 542 g/mol. The Kier molecular flexibility index (Phi) is 7.53. The predicted molar refractivity (Wildman–Crippen MR) is 144 cm³/mol. The summed E-state index contributed by atoms with van der Waals surface area (Å²) in [6.45, 7) is 2.20. The number of imide groups is 1. The molecule has 0 aliphatic carbocycles. The molecule has 2 heterocycles. The molecule has 1 aromatic heterocycles. The van der Waals surface area contributed by atoms with Gasteiger partial charge in [-0.05, 0) is 62.2 Å². The van der Waals surface area contributed by atoms with Gasteiger partial charge in [0.25, 0.3) is 11.8 Å². The molecule has 3 aromatic carbocycles. The van der Waals surface area contributed by atoms with Gasteiger partial charge in [0, 0.05) is 30.2 Å². The summed E-state index contributed by atoms with van der Waals surface area (Å²) >= 11 is 0. The van der Waals surface area contributed by atoms with Crippen LogP contribution in [0.4, 0.5) is 23.2 Å². The van der Waals surface area contributed by atoms with Crippen LogP contribution < -0.4 is 14.8 Å². The number of nitrogens with one attached hydrogen (secondary N) is 1. The van der Waals surface area contributed by atoms with Crippen molar-refractivity contribution in [3.8, 4) is 17.2 Å². The Hall–Kier alpha value is -4.67. The fraction of sp³-hybridized carbons (Fsp3) is 0.233. The minimum absolute atomic E-state index is 0.113. The molecule has 1 atom stereocenters.